The van der Waals surface area contributed by atoms with Gasteiger partial charge in [0.1, 0.15) is 0 Å². The molecule has 0 radical (unpaired) electrons. The van der Waals surface area contributed by atoms with Crippen LogP contribution < -0.4 is 0 Å². The molecule has 0 aromatic rings. The van der Waals surface area contributed by atoms with Crippen molar-refractivity contribution >= 4 is 0 Å². The molecule has 0 fully saturated rings. The van der Waals surface area contributed by atoms with Crippen LogP contribution in [0, 0.1) is 0 Å². The number of unbranched alkanes of at least 4 members (excludes halogenated alkanes) is 20. The van der Waals surface area contributed by atoms with Crippen LogP contribution in [0.4, 0.5) is 0 Å². The lowest BCUT2D eigenvalue weighted by atomic mass is 10.0. The van der Waals surface area contributed by atoms with Gasteiger partial charge in [0.15, 0.2) is 0 Å². The third kappa shape index (κ3) is 23.7. The monoisotopic (exact) mass is 364 g/mol. The molecule has 0 bridgehead atoms. The number of allylic oxidation sites excluding steroid dienone is 2. The predicted octanol–water partition coefficient (Wildman–Crippen LogP) is 10.2. The van der Waals surface area contributed by atoms with Crippen LogP contribution in [0.3, 0.4) is 0 Å². The Kier molecular flexibility index (Phi) is 24.5. The molecular weight excluding hydrogens is 312 g/mol. The van der Waals surface area contributed by atoms with E-state index in [9.17, 15) is 0 Å². The van der Waals surface area contributed by atoms with E-state index in [1.54, 1.807) is 0 Å². The van der Waals surface area contributed by atoms with Gasteiger partial charge in [-0.25, -0.2) is 0 Å². The zero-order valence-electron chi connectivity index (χ0n) is 18.7. The van der Waals surface area contributed by atoms with Crippen LogP contribution in [0.1, 0.15) is 155 Å². The minimum absolute atomic E-state index is 1.31. The summed E-state index contributed by atoms with van der Waals surface area (Å²) in [6.45, 7) is 4.59. The van der Waals surface area contributed by atoms with Crippen molar-refractivity contribution in [1.82, 2.24) is 0 Å². The fourth-order valence-electron chi connectivity index (χ4n) is 3.73. The first kappa shape index (κ1) is 25.7. The summed E-state index contributed by atoms with van der Waals surface area (Å²) in [5.74, 6) is 0. The lowest BCUT2D eigenvalue weighted by Crippen LogP contribution is -1.82. The third-order valence-electron chi connectivity index (χ3n) is 5.62. The molecule has 0 amide bonds. The van der Waals surface area contributed by atoms with E-state index in [1.807, 2.05) is 0 Å². The Morgan fingerprint density at radius 2 is 0.538 bits per heavy atom. The van der Waals surface area contributed by atoms with Crippen molar-refractivity contribution in [2.45, 2.75) is 155 Å². The van der Waals surface area contributed by atoms with Crippen molar-refractivity contribution in [2.75, 3.05) is 0 Å². The SMILES string of the molecule is CCCCCCCCCCCC/C=C/CCCCCCCCCCCC. The van der Waals surface area contributed by atoms with Crippen LogP contribution in [0.15, 0.2) is 12.2 Å². The fraction of sp³-hybridized carbons (Fsp3) is 0.923. The van der Waals surface area contributed by atoms with E-state index in [2.05, 4.69) is 26.0 Å². The highest BCUT2D eigenvalue weighted by Gasteiger charge is 1.93. The van der Waals surface area contributed by atoms with E-state index >= 15 is 0 Å². The average Bonchev–Trinajstić information content (AvgIpc) is 2.66. The van der Waals surface area contributed by atoms with Gasteiger partial charge in [0.2, 0.25) is 0 Å². The summed E-state index contributed by atoms with van der Waals surface area (Å²) in [5, 5.41) is 0. The first-order valence-electron chi connectivity index (χ1n) is 12.6. The third-order valence-corrected chi connectivity index (χ3v) is 5.62. The summed E-state index contributed by atoms with van der Waals surface area (Å²) < 4.78 is 0. The molecule has 0 saturated heterocycles. The van der Waals surface area contributed by atoms with Gasteiger partial charge in [0.05, 0.1) is 0 Å². The average molecular weight is 365 g/mol. The summed E-state index contributed by atoms with van der Waals surface area (Å²) in [4.78, 5) is 0. The van der Waals surface area contributed by atoms with E-state index in [1.165, 1.54) is 141 Å². The van der Waals surface area contributed by atoms with Crippen molar-refractivity contribution in [2.24, 2.45) is 0 Å². The standard InChI is InChI=1S/C26H52/c1-3-5-7-9-11-13-15-17-19-21-23-25-26-24-22-20-18-16-14-12-10-8-6-4-2/h25-26H,3-24H2,1-2H3/b26-25+. The largest absolute Gasteiger partial charge is 0.0885 e. The lowest BCUT2D eigenvalue weighted by molar-refractivity contribution is 0.556. The Morgan fingerprint density at radius 1 is 0.308 bits per heavy atom. The van der Waals surface area contributed by atoms with Gasteiger partial charge in [-0.2, -0.15) is 0 Å². The molecule has 26 heavy (non-hydrogen) atoms. The number of hydrogen-bond acceptors (Lipinski definition) is 0. The second kappa shape index (κ2) is 24.7. The van der Waals surface area contributed by atoms with Crippen LogP contribution in [0.25, 0.3) is 0 Å². The molecule has 0 spiro atoms. The predicted molar refractivity (Wildman–Crippen MR) is 122 cm³/mol. The quantitative estimate of drug-likeness (QED) is 0.132. The maximum atomic E-state index is 2.44. The molecule has 0 aromatic carbocycles. The number of rotatable bonds is 22. The van der Waals surface area contributed by atoms with Crippen molar-refractivity contribution in [1.29, 1.82) is 0 Å². The van der Waals surface area contributed by atoms with Crippen LogP contribution in [0.5, 0.6) is 0 Å². The van der Waals surface area contributed by atoms with E-state index in [0.29, 0.717) is 0 Å². The van der Waals surface area contributed by atoms with Crippen LogP contribution in [-0.4, -0.2) is 0 Å². The first-order chi connectivity index (χ1) is 12.9. The highest BCUT2D eigenvalue weighted by Crippen LogP contribution is 2.13. The van der Waals surface area contributed by atoms with Gasteiger partial charge in [0, 0.05) is 0 Å². The summed E-state index contributed by atoms with van der Waals surface area (Å²) >= 11 is 0. The molecule has 0 aliphatic heterocycles. The van der Waals surface area contributed by atoms with E-state index < -0.39 is 0 Å². The van der Waals surface area contributed by atoms with Crippen molar-refractivity contribution < 1.29 is 0 Å². The Morgan fingerprint density at radius 3 is 0.808 bits per heavy atom. The first-order valence-corrected chi connectivity index (χ1v) is 12.6. The van der Waals surface area contributed by atoms with Gasteiger partial charge in [-0.3, -0.25) is 0 Å². The lowest BCUT2D eigenvalue weighted by Gasteiger charge is -2.01. The van der Waals surface area contributed by atoms with E-state index in [0.717, 1.165) is 0 Å². The molecule has 0 atom stereocenters. The second-order valence-corrected chi connectivity index (χ2v) is 8.41. The minimum atomic E-state index is 1.31. The Bertz CT molecular complexity index is 227. The summed E-state index contributed by atoms with van der Waals surface area (Å²) in [7, 11) is 0. The van der Waals surface area contributed by atoms with Gasteiger partial charge >= 0.3 is 0 Å². The normalized spacial score (nSPS) is 11.6. The van der Waals surface area contributed by atoms with Gasteiger partial charge in [-0.05, 0) is 25.7 Å². The summed E-state index contributed by atoms with van der Waals surface area (Å²) in [6, 6.07) is 0. The zero-order chi connectivity index (χ0) is 19.0. The van der Waals surface area contributed by atoms with Crippen LogP contribution >= 0.6 is 0 Å². The zero-order valence-corrected chi connectivity index (χ0v) is 18.7. The summed E-state index contributed by atoms with van der Waals surface area (Å²) in [5.41, 5.74) is 0. The van der Waals surface area contributed by atoms with Crippen LogP contribution in [0.2, 0.25) is 0 Å². The van der Waals surface area contributed by atoms with Gasteiger partial charge in [-0.15, -0.1) is 0 Å². The highest BCUT2D eigenvalue weighted by molar-refractivity contribution is 4.81. The molecule has 0 unspecified atom stereocenters. The van der Waals surface area contributed by atoms with E-state index in [-0.39, 0.29) is 0 Å². The molecule has 0 N–H and O–H groups in total. The molecule has 0 aliphatic rings. The highest BCUT2D eigenvalue weighted by atomic mass is 14.0. The van der Waals surface area contributed by atoms with Gasteiger partial charge in [0.25, 0.3) is 0 Å². The molecule has 0 heterocycles. The topological polar surface area (TPSA) is 0 Å². The molecule has 0 heteroatoms. The fourth-order valence-corrected chi connectivity index (χ4v) is 3.73. The van der Waals surface area contributed by atoms with Gasteiger partial charge in [-0.1, -0.05) is 142 Å². The van der Waals surface area contributed by atoms with Crippen molar-refractivity contribution in [3.63, 3.8) is 0 Å². The minimum Gasteiger partial charge on any atom is -0.0885 e. The van der Waals surface area contributed by atoms with E-state index in [4.69, 9.17) is 0 Å². The molecular formula is C26H52. The van der Waals surface area contributed by atoms with Crippen molar-refractivity contribution in [3.05, 3.63) is 12.2 Å². The smallest absolute Gasteiger partial charge is 0.0351 e. The molecule has 0 saturated carbocycles. The van der Waals surface area contributed by atoms with Gasteiger partial charge < -0.3 is 0 Å². The van der Waals surface area contributed by atoms with Crippen LogP contribution in [-0.2, 0) is 0 Å². The second-order valence-electron chi connectivity index (χ2n) is 8.41. The summed E-state index contributed by atoms with van der Waals surface area (Å²) in [6.07, 6.45) is 36.4. The molecule has 0 rings (SSSR count). The molecule has 156 valence electrons. The maximum absolute atomic E-state index is 2.44. The Balaban J connectivity index is 3.04. The Hall–Kier alpha value is -0.260. The molecule has 0 aliphatic carbocycles. The number of hydrogen-bond donors (Lipinski definition) is 0. The molecule has 0 nitrogen and oxygen atoms in total. The van der Waals surface area contributed by atoms with Crippen molar-refractivity contribution in [3.8, 4) is 0 Å². The Labute approximate surface area is 167 Å². The maximum Gasteiger partial charge on any atom is -0.0351 e. The molecule has 0 aromatic heterocycles.